The molecule has 0 fully saturated rings. The number of hydrogen-bond donors (Lipinski definition) is 1. The van der Waals surface area contributed by atoms with Crippen LogP contribution in [0, 0.1) is 13.8 Å². The third kappa shape index (κ3) is 3.70. The van der Waals surface area contributed by atoms with Gasteiger partial charge in [-0.1, -0.05) is 29.3 Å². The monoisotopic (exact) mass is 243 g/mol. The van der Waals surface area contributed by atoms with E-state index in [0.29, 0.717) is 6.04 Å². The fourth-order valence-electron chi connectivity index (χ4n) is 2.22. The number of nitrogens with zero attached hydrogens (tertiary/aromatic N) is 2. The van der Waals surface area contributed by atoms with E-state index in [1.165, 1.54) is 16.7 Å². The molecule has 0 bridgehead atoms. The van der Waals surface area contributed by atoms with Crippen LogP contribution < -0.4 is 5.32 Å². The van der Waals surface area contributed by atoms with Crippen LogP contribution in [-0.2, 0) is 13.1 Å². The van der Waals surface area contributed by atoms with Gasteiger partial charge in [0.2, 0.25) is 0 Å². The van der Waals surface area contributed by atoms with E-state index in [1.54, 1.807) is 0 Å². The minimum absolute atomic E-state index is 0.408. The van der Waals surface area contributed by atoms with Gasteiger partial charge in [0.05, 0.1) is 6.54 Å². The fraction of sp³-hybridized carbons (Fsp3) is 0.400. The van der Waals surface area contributed by atoms with Gasteiger partial charge in [-0.3, -0.25) is 4.68 Å². The minimum Gasteiger partial charge on any atom is -0.308 e. The Morgan fingerprint density at radius 2 is 1.94 bits per heavy atom. The molecule has 96 valence electrons. The Balaban J connectivity index is 1.87. The summed E-state index contributed by atoms with van der Waals surface area (Å²) in [5, 5.41) is 7.75. The molecular formula is C15H21N3. The van der Waals surface area contributed by atoms with Crippen LogP contribution in [0.3, 0.4) is 0 Å². The summed E-state index contributed by atoms with van der Waals surface area (Å²) in [5.74, 6) is 0. The van der Waals surface area contributed by atoms with Crippen LogP contribution in [0.25, 0.3) is 0 Å². The molecule has 0 radical (unpaired) electrons. The SMILES string of the molecule is Cc1cc(C)cc(CNC(C)Cn2cccn2)c1. The third-order valence-corrected chi connectivity index (χ3v) is 2.96. The molecule has 0 amide bonds. The van der Waals surface area contributed by atoms with E-state index < -0.39 is 0 Å². The number of hydrogen-bond acceptors (Lipinski definition) is 2. The summed E-state index contributed by atoms with van der Waals surface area (Å²) in [5.41, 5.74) is 4.00. The summed E-state index contributed by atoms with van der Waals surface area (Å²) >= 11 is 0. The lowest BCUT2D eigenvalue weighted by Gasteiger charge is -2.14. The van der Waals surface area contributed by atoms with Crippen LogP contribution >= 0.6 is 0 Å². The van der Waals surface area contributed by atoms with Gasteiger partial charge in [0.25, 0.3) is 0 Å². The summed E-state index contributed by atoms with van der Waals surface area (Å²) in [6, 6.07) is 9.04. The van der Waals surface area contributed by atoms with E-state index in [2.05, 4.69) is 49.4 Å². The predicted molar refractivity (Wildman–Crippen MR) is 74.4 cm³/mol. The Kier molecular flexibility index (Phi) is 4.15. The third-order valence-electron chi connectivity index (χ3n) is 2.96. The Hall–Kier alpha value is -1.61. The predicted octanol–water partition coefficient (Wildman–Crippen LogP) is 2.68. The zero-order chi connectivity index (χ0) is 13.0. The molecule has 0 aliphatic heterocycles. The molecule has 0 saturated heterocycles. The van der Waals surface area contributed by atoms with Crippen molar-refractivity contribution in [1.29, 1.82) is 0 Å². The van der Waals surface area contributed by atoms with E-state index in [0.717, 1.165) is 13.1 Å². The summed E-state index contributed by atoms with van der Waals surface area (Å²) in [7, 11) is 0. The van der Waals surface area contributed by atoms with Crippen LogP contribution in [0.1, 0.15) is 23.6 Å². The molecule has 0 aliphatic carbocycles. The lowest BCUT2D eigenvalue weighted by molar-refractivity contribution is 0.451. The maximum absolute atomic E-state index is 4.22. The Morgan fingerprint density at radius 1 is 1.22 bits per heavy atom. The average molecular weight is 243 g/mol. The first-order valence-electron chi connectivity index (χ1n) is 6.41. The second-order valence-electron chi connectivity index (χ2n) is 5.01. The Morgan fingerprint density at radius 3 is 2.56 bits per heavy atom. The molecule has 1 N–H and O–H groups in total. The Labute approximate surface area is 109 Å². The minimum atomic E-state index is 0.408. The Bertz CT molecular complexity index is 468. The smallest absolute Gasteiger partial charge is 0.0560 e. The highest BCUT2D eigenvalue weighted by Crippen LogP contribution is 2.08. The highest BCUT2D eigenvalue weighted by atomic mass is 15.3. The molecule has 1 unspecified atom stereocenters. The molecule has 18 heavy (non-hydrogen) atoms. The summed E-state index contributed by atoms with van der Waals surface area (Å²) in [6.45, 7) is 8.28. The first-order chi connectivity index (χ1) is 8.63. The van der Waals surface area contributed by atoms with Gasteiger partial charge in [0.1, 0.15) is 0 Å². The van der Waals surface area contributed by atoms with Gasteiger partial charge in [-0.25, -0.2) is 0 Å². The molecule has 0 aliphatic rings. The summed E-state index contributed by atoms with van der Waals surface area (Å²) in [4.78, 5) is 0. The molecule has 2 rings (SSSR count). The van der Waals surface area contributed by atoms with E-state index >= 15 is 0 Å². The van der Waals surface area contributed by atoms with Crippen molar-refractivity contribution in [3.05, 3.63) is 53.3 Å². The maximum atomic E-state index is 4.22. The second kappa shape index (κ2) is 5.83. The van der Waals surface area contributed by atoms with Crippen molar-refractivity contribution in [3.8, 4) is 0 Å². The molecule has 1 heterocycles. The molecule has 3 nitrogen and oxygen atoms in total. The lowest BCUT2D eigenvalue weighted by Crippen LogP contribution is -2.30. The largest absolute Gasteiger partial charge is 0.308 e. The highest BCUT2D eigenvalue weighted by molar-refractivity contribution is 5.28. The highest BCUT2D eigenvalue weighted by Gasteiger charge is 2.03. The molecule has 1 atom stereocenters. The van der Waals surface area contributed by atoms with E-state index in [-0.39, 0.29) is 0 Å². The van der Waals surface area contributed by atoms with Crippen LogP contribution in [0.4, 0.5) is 0 Å². The molecule has 0 saturated carbocycles. The number of benzene rings is 1. The average Bonchev–Trinajstić information content (AvgIpc) is 2.78. The van der Waals surface area contributed by atoms with Crippen molar-refractivity contribution in [2.75, 3.05) is 0 Å². The zero-order valence-corrected chi connectivity index (χ0v) is 11.4. The molecular weight excluding hydrogens is 222 g/mol. The summed E-state index contributed by atoms with van der Waals surface area (Å²) < 4.78 is 1.96. The molecule has 0 spiro atoms. The molecule has 1 aromatic carbocycles. The van der Waals surface area contributed by atoms with Crippen molar-refractivity contribution in [2.45, 2.75) is 39.9 Å². The van der Waals surface area contributed by atoms with Crippen molar-refractivity contribution in [3.63, 3.8) is 0 Å². The van der Waals surface area contributed by atoms with Gasteiger partial charge >= 0.3 is 0 Å². The van der Waals surface area contributed by atoms with E-state index in [9.17, 15) is 0 Å². The zero-order valence-electron chi connectivity index (χ0n) is 11.4. The van der Waals surface area contributed by atoms with E-state index in [4.69, 9.17) is 0 Å². The van der Waals surface area contributed by atoms with Crippen LogP contribution in [0.2, 0.25) is 0 Å². The topological polar surface area (TPSA) is 29.9 Å². The normalized spacial score (nSPS) is 12.6. The second-order valence-corrected chi connectivity index (χ2v) is 5.01. The standard InChI is InChI=1S/C15H21N3/c1-12-7-13(2)9-15(8-12)10-16-14(3)11-18-6-4-5-17-18/h4-9,14,16H,10-11H2,1-3H3. The molecule has 3 heteroatoms. The lowest BCUT2D eigenvalue weighted by atomic mass is 10.1. The van der Waals surface area contributed by atoms with Gasteiger partial charge in [0.15, 0.2) is 0 Å². The number of aromatic nitrogens is 2. The van der Waals surface area contributed by atoms with Gasteiger partial charge in [-0.2, -0.15) is 5.10 Å². The van der Waals surface area contributed by atoms with Gasteiger partial charge in [-0.05, 0) is 32.4 Å². The van der Waals surface area contributed by atoms with Crippen molar-refractivity contribution >= 4 is 0 Å². The van der Waals surface area contributed by atoms with Gasteiger partial charge in [0, 0.05) is 25.0 Å². The maximum Gasteiger partial charge on any atom is 0.0560 e. The number of nitrogens with one attached hydrogen (secondary N) is 1. The first-order valence-corrected chi connectivity index (χ1v) is 6.41. The fourth-order valence-corrected chi connectivity index (χ4v) is 2.22. The van der Waals surface area contributed by atoms with Crippen LogP contribution in [0.15, 0.2) is 36.7 Å². The van der Waals surface area contributed by atoms with Crippen LogP contribution in [0.5, 0.6) is 0 Å². The molecule has 2 aromatic rings. The molecule has 1 aromatic heterocycles. The first kappa shape index (κ1) is 12.8. The van der Waals surface area contributed by atoms with Crippen molar-refractivity contribution in [1.82, 2.24) is 15.1 Å². The number of aryl methyl sites for hydroxylation is 2. The summed E-state index contributed by atoms with van der Waals surface area (Å²) in [6.07, 6.45) is 3.81. The number of rotatable bonds is 5. The van der Waals surface area contributed by atoms with Gasteiger partial charge in [-0.15, -0.1) is 0 Å². The van der Waals surface area contributed by atoms with Crippen molar-refractivity contribution < 1.29 is 0 Å². The van der Waals surface area contributed by atoms with E-state index in [1.807, 2.05) is 23.1 Å². The van der Waals surface area contributed by atoms with Crippen LogP contribution in [-0.4, -0.2) is 15.8 Å². The quantitative estimate of drug-likeness (QED) is 0.875. The van der Waals surface area contributed by atoms with Crippen molar-refractivity contribution in [2.24, 2.45) is 0 Å². The van der Waals surface area contributed by atoms with Gasteiger partial charge < -0.3 is 5.32 Å².